The molecule has 0 bridgehead atoms. The smallest absolute Gasteiger partial charge is 0.211 e. The predicted octanol–water partition coefficient (Wildman–Crippen LogP) is 1.48. The third-order valence-electron chi connectivity index (χ3n) is 6.88. The summed E-state index contributed by atoms with van der Waals surface area (Å²) in [5, 5.41) is 7.08. The lowest BCUT2D eigenvalue weighted by Crippen LogP contribution is -2.60. The van der Waals surface area contributed by atoms with Crippen LogP contribution in [0.5, 0.6) is 0 Å². The second-order valence-electron chi connectivity index (χ2n) is 8.80. The van der Waals surface area contributed by atoms with Crippen LogP contribution in [0.4, 0.5) is 0 Å². The SMILES string of the molecule is CN=C(NCC1CCN(S(C)(=O)=O)CC1)NCC1(N2CCOCC2)CCCCC1.I. The standard InChI is InChI=1S/C20H39N5O3S.HI/c1-21-19(22-16-18-6-10-25(11-7-18)29(2,26)27)23-17-20(8-4-3-5-9-20)24-12-14-28-15-13-24;/h18H,3-17H2,1-2H3,(H2,21,22,23);1H. The fraction of sp³-hybridized carbons (Fsp3) is 0.950. The summed E-state index contributed by atoms with van der Waals surface area (Å²) in [6.07, 6.45) is 9.50. The van der Waals surface area contributed by atoms with Crippen LogP contribution in [0.25, 0.3) is 0 Å². The molecule has 30 heavy (non-hydrogen) atoms. The van der Waals surface area contributed by atoms with E-state index in [1.165, 1.54) is 38.4 Å². The molecule has 2 heterocycles. The molecule has 176 valence electrons. The normalized spacial score (nSPS) is 24.8. The number of nitrogens with one attached hydrogen (secondary N) is 2. The summed E-state index contributed by atoms with van der Waals surface area (Å²) in [6, 6.07) is 0. The zero-order valence-electron chi connectivity index (χ0n) is 18.6. The zero-order chi connectivity index (χ0) is 20.7. The Morgan fingerprint density at radius 1 is 1.07 bits per heavy atom. The molecule has 0 aromatic heterocycles. The molecular formula is C20H40IN5O3S. The minimum Gasteiger partial charge on any atom is -0.379 e. The van der Waals surface area contributed by atoms with Crippen LogP contribution < -0.4 is 10.6 Å². The van der Waals surface area contributed by atoms with Gasteiger partial charge in [0.05, 0.1) is 19.5 Å². The van der Waals surface area contributed by atoms with Gasteiger partial charge in [-0.2, -0.15) is 0 Å². The van der Waals surface area contributed by atoms with E-state index in [1.807, 2.05) is 7.05 Å². The molecule has 0 atom stereocenters. The van der Waals surface area contributed by atoms with Gasteiger partial charge in [0, 0.05) is 51.9 Å². The summed E-state index contributed by atoms with van der Waals surface area (Å²) in [6.45, 7) is 6.71. The van der Waals surface area contributed by atoms with Gasteiger partial charge in [-0.05, 0) is 31.6 Å². The molecule has 2 saturated heterocycles. The van der Waals surface area contributed by atoms with E-state index in [0.717, 1.165) is 58.2 Å². The van der Waals surface area contributed by atoms with Gasteiger partial charge in [-0.15, -0.1) is 24.0 Å². The van der Waals surface area contributed by atoms with Crippen molar-refractivity contribution < 1.29 is 13.2 Å². The third-order valence-corrected chi connectivity index (χ3v) is 8.18. The van der Waals surface area contributed by atoms with E-state index in [9.17, 15) is 8.42 Å². The Labute approximate surface area is 199 Å². The van der Waals surface area contributed by atoms with Crippen LogP contribution in [-0.4, -0.2) is 94.9 Å². The maximum absolute atomic E-state index is 11.7. The minimum absolute atomic E-state index is 0. The van der Waals surface area contributed by atoms with Crippen LogP contribution >= 0.6 is 24.0 Å². The molecule has 10 heteroatoms. The van der Waals surface area contributed by atoms with Gasteiger partial charge in [-0.1, -0.05) is 19.3 Å². The van der Waals surface area contributed by atoms with E-state index >= 15 is 0 Å². The van der Waals surface area contributed by atoms with E-state index in [4.69, 9.17) is 4.74 Å². The number of sulfonamides is 1. The van der Waals surface area contributed by atoms with Crippen molar-refractivity contribution in [2.45, 2.75) is 50.5 Å². The minimum atomic E-state index is -3.06. The molecule has 0 aromatic rings. The number of aliphatic imine (C=N–C) groups is 1. The number of guanidine groups is 1. The molecule has 1 aliphatic carbocycles. The van der Waals surface area contributed by atoms with E-state index in [1.54, 1.807) is 4.31 Å². The van der Waals surface area contributed by atoms with Crippen LogP contribution in [0, 0.1) is 5.92 Å². The average molecular weight is 558 g/mol. The largest absolute Gasteiger partial charge is 0.379 e. The van der Waals surface area contributed by atoms with E-state index in [-0.39, 0.29) is 29.5 Å². The van der Waals surface area contributed by atoms with E-state index in [0.29, 0.717) is 19.0 Å². The topological polar surface area (TPSA) is 86.3 Å². The number of ether oxygens (including phenoxy) is 1. The maximum Gasteiger partial charge on any atom is 0.211 e. The first-order valence-electron chi connectivity index (χ1n) is 11.2. The quantitative estimate of drug-likeness (QED) is 0.293. The number of morpholine rings is 1. The number of piperidine rings is 1. The molecule has 2 N–H and O–H groups in total. The zero-order valence-corrected chi connectivity index (χ0v) is 21.7. The van der Waals surface area contributed by atoms with Crippen molar-refractivity contribution >= 4 is 40.0 Å². The van der Waals surface area contributed by atoms with Crippen molar-refractivity contribution in [2.24, 2.45) is 10.9 Å². The van der Waals surface area contributed by atoms with Gasteiger partial charge in [0.15, 0.2) is 5.96 Å². The Morgan fingerprint density at radius 3 is 2.27 bits per heavy atom. The number of hydrogen-bond donors (Lipinski definition) is 2. The first-order valence-corrected chi connectivity index (χ1v) is 13.0. The van der Waals surface area contributed by atoms with E-state index in [2.05, 4.69) is 20.5 Å². The summed E-state index contributed by atoms with van der Waals surface area (Å²) in [4.78, 5) is 7.07. The highest BCUT2D eigenvalue weighted by molar-refractivity contribution is 14.0. The number of nitrogens with zero attached hydrogens (tertiary/aromatic N) is 3. The van der Waals surface area contributed by atoms with Gasteiger partial charge >= 0.3 is 0 Å². The lowest BCUT2D eigenvalue weighted by Gasteiger charge is -2.48. The fourth-order valence-corrected chi connectivity index (χ4v) is 5.88. The van der Waals surface area contributed by atoms with Crippen LogP contribution in [0.1, 0.15) is 44.9 Å². The second kappa shape index (κ2) is 12.2. The highest BCUT2D eigenvalue weighted by Crippen LogP contribution is 2.33. The lowest BCUT2D eigenvalue weighted by molar-refractivity contribution is -0.0352. The van der Waals surface area contributed by atoms with Crippen molar-refractivity contribution in [3.8, 4) is 0 Å². The van der Waals surface area contributed by atoms with Gasteiger partial charge in [-0.25, -0.2) is 12.7 Å². The highest BCUT2D eigenvalue weighted by atomic mass is 127. The van der Waals surface area contributed by atoms with Crippen molar-refractivity contribution in [3.05, 3.63) is 0 Å². The fourth-order valence-electron chi connectivity index (χ4n) is 5.01. The second-order valence-corrected chi connectivity index (χ2v) is 10.8. The summed E-state index contributed by atoms with van der Waals surface area (Å²) >= 11 is 0. The van der Waals surface area contributed by atoms with Gasteiger partial charge in [-0.3, -0.25) is 9.89 Å². The molecule has 1 saturated carbocycles. The molecule has 0 spiro atoms. The average Bonchev–Trinajstić information content (AvgIpc) is 2.75. The number of hydrogen-bond acceptors (Lipinski definition) is 5. The van der Waals surface area contributed by atoms with Crippen LogP contribution in [0.3, 0.4) is 0 Å². The molecule has 2 aliphatic heterocycles. The number of halogens is 1. The molecule has 8 nitrogen and oxygen atoms in total. The van der Waals surface area contributed by atoms with Crippen LogP contribution in [-0.2, 0) is 14.8 Å². The summed E-state index contributed by atoms with van der Waals surface area (Å²) in [5.74, 6) is 1.34. The molecule has 0 unspecified atom stereocenters. The maximum atomic E-state index is 11.7. The Morgan fingerprint density at radius 2 is 1.70 bits per heavy atom. The monoisotopic (exact) mass is 557 g/mol. The Balaban J connectivity index is 0.00000320. The van der Waals surface area contributed by atoms with Gasteiger partial charge < -0.3 is 15.4 Å². The van der Waals surface area contributed by atoms with Crippen molar-refractivity contribution in [1.82, 2.24) is 19.8 Å². The molecule has 3 rings (SSSR count). The molecule has 0 aromatic carbocycles. The van der Waals surface area contributed by atoms with Crippen molar-refractivity contribution in [1.29, 1.82) is 0 Å². The summed E-state index contributed by atoms with van der Waals surface area (Å²) in [5.41, 5.74) is 0.209. The van der Waals surface area contributed by atoms with Gasteiger partial charge in [0.1, 0.15) is 0 Å². The molecule has 3 aliphatic rings. The first-order chi connectivity index (χ1) is 13.9. The molecule has 0 amide bonds. The predicted molar refractivity (Wildman–Crippen MR) is 132 cm³/mol. The number of rotatable bonds is 6. The van der Waals surface area contributed by atoms with Gasteiger partial charge in [0.25, 0.3) is 0 Å². The summed E-state index contributed by atoms with van der Waals surface area (Å²) in [7, 11) is -1.24. The Hall–Kier alpha value is -0.170. The van der Waals surface area contributed by atoms with Gasteiger partial charge in [0.2, 0.25) is 10.0 Å². The third kappa shape index (κ3) is 7.18. The van der Waals surface area contributed by atoms with Crippen molar-refractivity contribution in [2.75, 3.05) is 65.8 Å². The van der Waals surface area contributed by atoms with Crippen LogP contribution in [0.2, 0.25) is 0 Å². The van der Waals surface area contributed by atoms with E-state index < -0.39 is 10.0 Å². The first kappa shape index (κ1) is 26.1. The Bertz CT molecular complexity index is 641. The summed E-state index contributed by atoms with van der Waals surface area (Å²) < 4.78 is 30.5. The molecule has 3 fully saturated rings. The Kier molecular flexibility index (Phi) is 10.6. The molecular weight excluding hydrogens is 517 g/mol. The molecule has 0 radical (unpaired) electrons. The van der Waals surface area contributed by atoms with Crippen molar-refractivity contribution in [3.63, 3.8) is 0 Å². The van der Waals surface area contributed by atoms with Crippen LogP contribution in [0.15, 0.2) is 4.99 Å². The highest BCUT2D eigenvalue weighted by Gasteiger charge is 2.38. The lowest BCUT2D eigenvalue weighted by atomic mass is 9.80.